The van der Waals surface area contributed by atoms with Gasteiger partial charge in [-0.3, -0.25) is 4.98 Å². The van der Waals surface area contributed by atoms with Crippen LogP contribution in [-0.4, -0.2) is 29.0 Å². The number of aromatic nitrogens is 2. The average molecular weight is 367 g/mol. The molecule has 2 N–H and O–H groups in total. The molecule has 0 unspecified atom stereocenters. The summed E-state index contributed by atoms with van der Waals surface area (Å²) in [5.74, 6) is 0. The number of fused-ring (bicyclic) bond motifs is 1. The molecule has 2 heterocycles. The Kier molecular flexibility index (Phi) is 4.79. The number of benzene rings is 2. The number of aromatic amines is 1. The second kappa shape index (κ2) is 7.55. The Morgan fingerprint density at radius 3 is 2.79 bits per heavy atom. The first-order valence-corrected chi connectivity index (χ1v) is 9.11. The normalized spacial score (nSPS) is 10.9. The molecule has 5 heteroatoms. The summed E-state index contributed by atoms with van der Waals surface area (Å²) in [6.07, 6.45) is 5.33. The molecule has 0 aliphatic rings. The Balaban J connectivity index is 1.82. The molecular formula is C23H21N5. The molecule has 28 heavy (non-hydrogen) atoms. The third kappa shape index (κ3) is 3.46. The fraction of sp³-hybridized carbons (Fsp3) is 0.130. The van der Waals surface area contributed by atoms with Gasteiger partial charge >= 0.3 is 0 Å². The van der Waals surface area contributed by atoms with Gasteiger partial charge < -0.3 is 15.2 Å². The van der Waals surface area contributed by atoms with E-state index in [1.165, 1.54) is 5.56 Å². The highest BCUT2D eigenvalue weighted by Crippen LogP contribution is 2.35. The van der Waals surface area contributed by atoms with E-state index in [0.717, 1.165) is 39.9 Å². The Bertz CT molecular complexity index is 1170. The van der Waals surface area contributed by atoms with Crippen molar-refractivity contribution >= 4 is 22.3 Å². The van der Waals surface area contributed by atoms with Crippen molar-refractivity contribution < 1.29 is 0 Å². The van der Waals surface area contributed by atoms with Crippen LogP contribution in [0, 0.1) is 11.3 Å². The highest BCUT2D eigenvalue weighted by atomic mass is 15.0. The van der Waals surface area contributed by atoms with Gasteiger partial charge in [0.05, 0.1) is 11.3 Å². The van der Waals surface area contributed by atoms with Crippen LogP contribution in [-0.2, 0) is 6.54 Å². The molecule has 2 aromatic carbocycles. The van der Waals surface area contributed by atoms with Crippen LogP contribution >= 0.6 is 0 Å². The lowest BCUT2D eigenvalue weighted by Crippen LogP contribution is -2.10. The number of nitriles is 1. The number of H-pyrrole nitrogens is 1. The van der Waals surface area contributed by atoms with Gasteiger partial charge in [-0.2, -0.15) is 5.26 Å². The van der Waals surface area contributed by atoms with Crippen LogP contribution in [0.3, 0.4) is 0 Å². The van der Waals surface area contributed by atoms with Crippen LogP contribution in [0.5, 0.6) is 0 Å². The van der Waals surface area contributed by atoms with Gasteiger partial charge in [0, 0.05) is 47.3 Å². The van der Waals surface area contributed by atoms with E-state index in [-0.39, 0.29) is 0 Å². The van der Waals surface area contributed by atoms with Crippen LogP contribution in [0.2, 0.25) is 0 Å². The minimum Gasteiger partial charge on any atom is -0.361 e. The number of nitrogens with one attached hydrogen (secondary N) is 2. The zero-order chi connectivity index (χ0) is 19.5. The number of rotatable bonds is 5. The summed E-state index contributed by atoms with van der Waals surface area (Å²) in [5.41, 5.74) is 6.44. The Hall–Kier alpha value is -3.62. The molecule has 0 amide bonds. The molecule has 138 valence electrons. The maximum absolute atomic E-state index is 9.67. The summed E-state index contributed by atoms with van der Waals surface area (Å²) < 4.78 is 0. The summed E-state index contributed by atoms with van der Waals surface area (Å²) in [6.45, 7) is 0.852. The number of hydrogen-bond acceptors (Lipinski definition) is 4. The SMILES string of the molecule is CN(C)Cc1cccc(-c2cncc(C#N)c2Nc2cccc3[nH]ccc23)c1. The van der Waals surface area contributed by atoms with Crippen molar-refractivity contribution in [3.63, 3.8) is 0 Å². The molecule has 0 aliphatic carbocycles. The predicted molar refractivity (Wildman–Crippen MR) is 113 cm³/mol. The number of hydrogen-bond donors (Lipinski definition) is 2. The molecule has 0 radical (unpaired) electrons. The first kappa shape index (κ1) is 17.8. The van der Waals surface area contributed by atoms with E-state index in [2.05, 4.69) is 58.5 Å². The maximum atomic E-state index is 9.67. The lowest BCUT2D eigenvalue weighted by atomic mass is 10.0. The summed E-state index contributed by atoms with van der Waals surface area (Å²) in [4.78, 5) is 9.66. The molecule has 0 atom stereocenters. The van der Waals surface area contributed by atoms with Crippen LogP contribution in [0.1, 0.15) is 11.1 Å². The van der Waals surface area contributed by atoms with Crippen molar-refractivity contribution in [2.24, 2.45) is 0 Å². The summed E-state index contributed by atoms with van der Waals surface area (Å²) in [6, 6.07) is 18.7. The molecule has 0 aliphatic heterocycles. The second-order valence-electron chi connectivity index (χ2n) is 7.03. The lowest BCUT2D eigenvalue weighted by Gasteiger charge is -2.16. The van der Waals surface area contributed by atoms with Crippen molar-refractivity contribution in [3.05, 3.63) is 78.2 Å². The van der Waals surface area contributed by atoms with Gasteiger partial charge in [-0.1, -0.05) is 24.3 Å². The van der Waals surface area contributed by atoms with Crippen LogP contribution in [0.25, 0.3) is 22.0 Å². The first-order valence-electron chi connectivity index (χ1n) is 9.11. The van der Waals surface area contributed by atoms with Crippen LogP contribution in [0.4, 0.5) is 11.4 Å². The predicted octanol–water partition coefficient (Wildman–Crippen LogP) is 4.91. The second-order valence-corrected chi connectivity index (χ2v) is 7.03. The monoisotopic (exact) mass is 367 g/mol. The molecule has 2 aromatic heterocycles. The van der Waals surface area contributed by atoms with E-state index in [9.17, 15) is 5.26 Å². The fourth-order valence-corrected chi connectivity index (χ4v) is 3.43. The van der Waals surface area contributed by atoms with Crippen LogP contribution < -0.4 is 5.32 Å². The lowest BCUT2D eigenvalue weighted by molar-refractivity contribution is 0.402. The molecule has 0 saturated heterocycles. The Morgan fingerprint density at radius 1 is 1.11 bits per heavy atom. The molecule has 4 rings (SSSR count). The van der Waals surface area contributed by atoms with Crippen molar-refractivity contribution in [1.82, 2.24) is 14.9 Å². The highest BCUT2D eigenvalue weighted by molar-refractivity contribution is 5.96. The number of pyridine rings is 1. The fourth-order valence-electron chi connectivity index (χ4n) is 3.43. The van der Waals surface area contributed by atoms with Gasteiger partial charge in [0.25, 0.3) is 0 Å². The molecule has 0 fully saturated rings. The standard InChI is InChI=1S/C23H21N5/c1-28(2)15-16-5-3-6-17(11-16)20-14-25-13-18(12-24)23(20)27-22-8-4-7-21-19(22)9-10-26-21/h3-11,13-14,26H,15H2,1-2H3,(H,25,27). The third-order valence-electron chi connectivity index (χ3n) is 4.66. The maximum Gasteiger partial charge on any atom is 0.103 e. The zero-order valence-electron chi connectivity index (χ0n) is 15.9. The van der Waals surface area contributed by atoms with E-state index in [0.29, 0.717) is 5.56 Å². The van der Waals surface area contributed by atoms with Crippen molar-refractivity contribution in [2.45, 2.75) is 6.54 Å². The summed E-state index contributed by atoms with van der Waals surface area (Å²) >= 11 is 0. The van der Waals surface area contributed by atoms with Gasteiger partial charge in [-0.25, -0.2) is 0 Å². The van der Waals surface area contributed by atoms with Crippen molar-refractivity contribution in [2.75, 3.05) is 19.4 Å². The highest BCUT2D eigenvalue weighted by Gasteiger charge is 2.13. The van der Waals surface area contributed by atoms with Crippen molar-refractivity contribution in [1.29, 1.82) is 5.26 Å². The third-order valence-corrected chi connectivity index (χ3v) is 4.66. The van der Waals surface area contributed by atoms with E-state index in [1.807, 2.05) is 42.7 Å². The first-order chi connectivity index (χ1) is 13.7. The largest absolute Gasteiger partial charge is 0.361 e. The number of nitrogens with zero attached hydrogens (tertiary/aromatic N) is 3. The average Bonchev–Trinajstić information content (AvgIpc) is 3.18. The van der Waals surface area contributed by atoms with Gasteiger partial charge in [0.1, 0.15) is 6.07 Å². The topological polar surface area (TPSA) is 67.7 Å². The Morgan fingerprint density at radius 2 is 1.96 bits per heavy atom. The quantitative estimate of drug-likeness (QED) is 0.526. The molecule has 5 nitrogen and oxygen atoms in total. The molecule has 0 spiro atoms. The minimum absolute atomic E-state index is 0.517. The molecule has 0 saturated carbocycles. The van der Waals surface area contributed by atoms with Crippen molar-refractivity contribution in [3.8, 4) is 17.2 Å². The molecular weight excluding hydrogens is 346 g/mol. The minimum atomic E-state index is 0.517. The van der Waals surface area contributed by atoms with Crippen LogP contribution in [0.15, 0.2) is 67.1 Å². The molecule has 0 bridgehead atoms. The van der Waals surface area contributed by atoms with E-state index in [4.69, 9.17) is 0 Å². The van der Waals surface area contributed by atoms with E-state index in [1.54, 1.807) is 6.20 Å². The van der Waals surface area contributed by atoms with Gasteiger partial charge in [0.2, 0.25) is 0 Å². The van der Waals surface area contributed by atoms with Gasteiger partial charge in [0.15, 0.2) is 0 Å². The number of anilines is 2. The van der Waals surface area contributed by atoms with E-state index < -0.39 is 0 Å². The summed E-state index contributed by atoms with van der Waals surface area (Å²) in [7, 11) is 4.10. The van der Waals surface area contributed by atoms with Gasteiger partial charge in [-0.05, 0) is 49.5 Å². The van der Waals surface area contributed by atoms with Gasteiger partial charge in [-0.15, -0.1) is 0 Å². The summed E-state index contributed by atoms with van der Waals surface area (Å²) in [5, 5.41) is 14.2. The van der Waals surface area contributed by atoms with E-state index >= 15 is 0 Å². The smallest absolute Gasteiger partial charge is 0.103 e. The molecule has 4 aromatic rings. The zero-order valence-corrected chi connectivity index (χ0v) is 15.9. The Labute approximate surface area is 164 Å².